The molecule has 0 spiro atoms. The van der Waals surface area contributed by atoms with E-state index >= 15 is 0 Å². The third-order valence-corrected chi connectivity index (χ3v) is 4.20. The van der Waals surface area contributed by atoms with Gasteiger partial charge in [0.2, 0.25) is 0 Å². The molecule has 2 rings (SSSR count). The number of hydrogen-bond acceptors (Lipinski definition) is 3. The smallest absolute Gasteiger partial charge is 0.106 e. The zero-order valence-corrected chi connectivity index (χ0v) is 14.2. The van der Waals surface area contributed by atoms with Crippen LogP contribution in [0.15, 0.2) is 10.6 Å². The molecule has 2 aromatic rings. The Balaban J connectivity index is 2.55. The third kappa shape index (κ3) is 3.01. The van der Waals surface area contributed by atoms with Gasteiger partial charge in [0.05, 0.1) is 23.0 Å². The summed E-state index contributed by atoms with van der Waals surface area (Å²) in [6.45, 7) is 12.0. The van der Waals surface area contributed by atoms with E-state index in [-0.39, 0.29) is 6.04 Å². The molecule has 0 fully saturated rings. The summed E-state index contributed by atoms with van der Waals surface area (Å²) < 4.78 is 7.76. The number of rotatable bonds is 6. The molecule has 0 saturated heterocycles. The first kappa shape index (κ1) is 16.1. The highest BCUT2D eigenvalue weighted by molar-refractivity contribution is 6.31. The molecule has 21 heavy (non-hydrogen) atoms. The van der Waals surface area contributed by atoms with Crippen molar-refractivity contribution in [3.8, 4) is 0 Å². The minimum atomic E-state index is 0.0114. The molecule has 0 aliphatic carbocycles. The Hall–Kier alpha value is -1.26. The lowest BCUT2D eigenvalue weighted by Gasteiger charge is -2.21. The van der Waals surface area contributed by atoms with E-state index < -0.39 is 0 Å². The summed E-state index contributed by atoms with van der Waals surface area (Å²) in [4.78, 5) is 0. The van der Waals surface area contributed by atoms with Gasteiger partial charge in [0, 0.05) is 12.1 Å². The Morgan fingerprint density at radius 3 is 2.52 bits per heavy atom. The predicted molar refractivity (Wildman–Crippen MR) is 86.0 cm³/mol. The van der Waals surface area contributed by atoms with E-state index in [9.17, 15) is 0 Å². The van der Waals surface area contributed by atoms with E-state index in [0.717, 1.165) is 36.7 Å². The first-order valence-electron chi connectivity index (χ1n) is 7.52. The van der Waals surface area contributed by atoms with Crippen molar-refractivity contribution in [3.63, 3.8) is 0 Å². The van der Waals surface area contributed by atoms with Crippen molar-refractivity contribution < 1.29 is 4.42 Å². The molecule has 2 aromatic heterocycles. The van der Waals surface area contributed by atoms with Gasteiger partial charge in [0.25, 0.3) is 0 Å². The summed E-state index contributed by atoms with van der Waals surface area (Å²) in [6.07, 6.45) is 2.78. The molecule has 0 saturated carbocycles. The molecule has 1 atom stereocenters. The second-order valence-electron chi connectivity index (χ2n) is 5.33. The molecule has 116 valence electrons. The van der Waals surface area contributed by atoms with Crippen molar-refractivity contribution in [2.75, 3.05) is 6.54 Å². The summed E-state index contributed by atoms with van der Waals surface area (Å²) >= 11 is 6.40. The molecule has 4 nitrogen and oxygen atoms in total. The molecule has 0 radical (unpaired) electrons. The standard InChI is InChI=1S/C16H24ClN3O/c1-6-8-18-15(14-10(3)11(4)21-12(14)5)16-13(17)9-19-20(16)7-2/h9,15,18H,6-8H2,1-5H3. The Bertz CT molecular complexity index is 615. The normalized spacial score (nSPS) is 12.9. The Labute approximate surface area is 131 Å². The van der Waals surface area contributed by atoms with Crippen molar-refractivity contribution in [2.45, 2.75) is 53.6 Å². The van der Waals surface area contributed by atoms with Crippen LogP contribution >= 0.6 is 11.6 Å². The van der Waals surface area contributed by atoms with Crippen molar-refractivity contribution in [1.82, 2.24) is 15.1 Å². The van der Waals surface area contributed by atoms with E-state index in [1.54, 1.807) is 6.20 Å². The molecule has 5 heteroatoms. The average molecular weight is 310 g/mol. The quantitative estimate of drug-likeness (QED) is 0.871. The van der Waals surface area contributed by atoms with Crippen LogP contribution < -0.4 is 5.32 Å². The maximum atomic E-state index is 6.40. The molecule has 2 heterocycles. The van der Waals surface area contributed by atoms with Crippen LogP contribution in [0.5, 0.6) is 0 Å². The summed E-state index contributed by atoms with van der Waals surface area (Å²) in [7, 11) is 0. The van der Waals surface area contributed by atoms with Crippen molar-refractivity contribution in [3.05, 3.63) is 39.6 Å². The Morgan fingerprint density at radius 1 is 1.29 bits per heavy atom. The van der Waals surface area contributed by atoms with Crippen molar-refractivity contribution in [2.24, 2.45) is 0 Å². The summed E-state index contributed by atoms with van der Waals surface area (Å²) in [5.74, 6) is 1.91. The lowest BCUT2D eigenvalue weighted by Crippen LogP contribution is -2.27. The molecular weight excluding hydrogens is 286 g/mol. The van der Waals surface area contributed by atoms with E-state index in [0.29, 0.717) is 5.02 Å². The molecule has 0 bridgehead atoms. The van der Waals surface area contributed by atoms with Gasteiger partial charge in [0.1, 0.15) is 11.5 Å². The molecule has 0 aromatic carbocycles. The van der Waals surface area contributed by atoms with Gasteiger partial charge in [-0.15, -0.1) is 0 Å². The molecule has 1 N–H and O–H groups in total. The van der Waals surface area contributed by atoms with Crippen LogP contribution in [0, 0.1) is 20.8 Å². The first-order chi connectivity index (χ1) is 10.0. The first-order valence-corrected chi connectivity index (χ1v) is 7.90. The molecule has 0 aliphatic heterocycles. The second-order valence-corrected chi connectivity index (χ2v) is 5.74. The number of hydrogen-bond donors (Lipinski definition) is 1. The number of nitrogens with zero attached hydrogens (tertiary/aromatic N) is 2. The highest BCUT2D eigenvalue weighted by Crippen LogP contribution is 2.34. The predicted octanol–water partition coefficient (Wildman–Crippen LogP) is 4.16. The minimum absolute atomic E-state index is 0.0114. The Morgan fingerprint density at radius 2 is 2.00 bits per heavy atom. The fourth-order valence-corrected chi connectivity index (χ4v) is 3.02. The third-order valence-electron chi connectivity index (χ3n) is 3.91. The van der Waals surface area contributed by atoms with Crippen LogP contribution in [0.25, 0.3) is 0 Å². The highest BCUT2D eigenvalue weighted by Gasteiger charge is 2.27. The zero-order chi connectivity index (χ0) is 15.6. The minimum Gasteiger partial charge on any atom is -0.466 e. The lowest BCUT2D eigenvalue weighted by molar-refractivity contribution is 0.485. The van der Waals surface area contributed by atoms with E-state index in [1.807, 2.05) is 18.5 Å². The average Bonchev–Trinajstić information content (AvgIpc) is 2.94. The van der Waals surface area contributed by atoms with Gasteiger partial charge >= 0.3 is 0 Å². The van der Waals surface area contributed by atoms with Crippen molar-refractivity contribution >= 4 is 11.6 Å². The van der Waals surface area contributed by atoms with Gasteiger partial charge in [0.15, 0.2) is 0 Å². The maximum absolute atomic E-state index is 6.40. The van der Waals surface area contributed by atoms with Crippen LogP contribution in [0.2, 0.25) is 5.02 Å². The number of aromatic nitrogens is 2. The zero-order valence-electron chi connectivity index (χ0n) is 13.5. The fraction of sp³-hybridized carbons (Fsp3) is 0.562. The van der Waals surface area contributed by atoms with Crippen LogP contribution in [-0.2, 0) is 6.54 Å². The van der Waals surface area contributed by atoms with Gasteiger partial charge < -0.3 is 9.73 Å². The molecule has 0 aliphatic rings. The number of furan rings is 1. The Kier molecular flexibility index (Phi) is 5.12. The molecule has 1 unspecified atom stereocenters. The van der Waals surface area contributed by atoms with Gasteiger partial charge in [-0.1, -0.05) is 18.5 Å². The van der Waals surface area contributed by atoms with E-state index in [1.165, 1.54) is 11.1 Å². The number of nitrogens with one attached hydrogen (secondary N) is 1. The van der Waals surface area contributed by atoms with E-state index in [2.05, 4.69) is 31.2 Å². The van der Waals surface area contributed by atoms with Crippen LogP contribution in [0.4, 0.5) is 0 Å². The van der Waals surface area contributed by atoms with Crippen LogP contribution in [0.3, 0.4) is 0 Å². The van der Waals surface area contributed by atoms with Gasteiger partial charge in [-0.05, 0) is 46.2 Å². The number of aryl methyl sites for hydroxylation is 3. The summed E-state index contributed by atoms with van der Waals surface area (Å²) in [5, 5.41) is 8.66. The topological polar surface area (TPSA) is 43.0 Å². The molecule has 0 amide bonds. The van der Waals surface area contributed by atoms with Crippen LogP contribution in [0.1, 0.15) is 54.7 Å². The molecular formula is C16H24ClN3O. The monoisotopic (exact) mass is 309 g/mol. The van der Waals surface area contributed by atoms with Crippen molar-refractivity contribution in [1.29, 1.82) is 0 Å². The second kappa shape index (κ2) is 6.67. The largest absolute Gasteiger partial charge is 0.466 e. The van der Waals surface area contributed by atoms with Gasteiger partial charge in [-0.25, -0.2) is 0 Å². The highest BCUT2D eigenvalue weighted by atomic mass is 35.5. The number of halogens is 1. The van der Waals surface area contributed by atoms with Gasteiger partial charge in [-0.3, -0.25) is 4.68 Å². The summed E-state index contributed by atoms with van der Waals surface area (Å²) in [5.41, 5.74) is 3.37. The fourth-order valence-electron chi connectivity index (χ4n) is 2.77. The SMILES string of the molecule is CCCNC(c1c(C)oc(C)c1C)c1c(Cl)cnn1CC. The maximum Gasteiger partial charge on any atom is 0.106 e. The summed E-state index contributed by atoms with van der Waals surface area (Å²) in [6, 6.07) is 0.0114. The van der Waals surface area contributed by atoms with Gasteiger partial charge in [-0.2, -0.15) is 5.10 Å². The lowest BCUT2D eigenvalue weighted by atomic mass is 9.99. The van der Waals surface area contributed by atoms with E-state index in [4.69, 9.17) is 16.0 Å². The van der Waals surface area contributed by atoms with Crippen LogP contribution in [-0.4, -0.2) is 16.3 Å².